The molecule has 5 heteroatoms. The Hall–Kier alpha value is -2.66. The molecule has 0 saturated carbocycles. The molecule has 0 aliphatic rings. The van der Waals surface area contributed by atoms with E-state index < -0.39 is 6.10 Å². The van der Waals surface area contributed by atoms with Crippen molar-refractivity contribution in [3.05, 3.63) is 72.9 Å². The third-order valence-electron chi connectivity index (χ3n) is 11.2. The third-order valence-corrected chi connectivity index (χ3v) is 11.2. The molecule has 0 radical (unpaired) electrons. The van der Waals surface area contributed by atoms with Gasteiger partial charge in [-0.3, -0.25) is 9.59 Å². The van der Waals surface area contributed by atoms with Gasteiger partial charge in [0.2, 0.25) is 0 Å². The van der Waals surface area contributed by atoms with Crippen LogP contribution < -0.4 is 0 Å². The van der Waals surface area contributed by atoms with E-state index in [-0.39, 0.29) is 25.2 Å². The fraction of sp³-hybridized carbons (Fsp3) is 0.754. The highest BCUT2D eigenvalue weighted by molar-refractivity contribution is 5.70. The monoisotopic (exact) mass is 865 g/mol. The van der Waals surface area contributed by atoms with Crippen molar-refractivity contribution < 1.29 is 23.8 Å². The van der Waals surface area contributed by atoms with E-state index in [1.165, 1.54) is 122 Å². The predicted molar refractivity (Wildman–Crippen MR) is 270 cm³/mol. The van der Waals surface area contributed by atoms with Gasteiger partial charge in [-0.15, -0.1) is 0 Å². The van der Waals surface area contributed by atoms with E-state index in [1.807, 2.05) is 0 Å². The lowest BCUT2D eigenvalue weighted by Crippen LogP contribution is -2.30. The molecule has 0 bridgehead atoms. The topological polar surface area (TPSA) is 61.8 Å². The van der Waals surface area contributed by atoms with E-state index in [2.05, 4.69) is 93.7 Å². The van der Waals surface area contributed by atoms with E-state index in [9.17, 15) is 9.59 Å². The van der Waals surface area contributed by atoms with Crippen LogP contribution in [0, 0.1) is 0 Å². The molecule has 5 nitrogen and oxygen atoms in total. The lowest BCUT2D eigenvalue weighted by Gasteiger charge is -2.18. The van der Waals surface area contributed by atoms with Crippen molar-refractivity contribution in [1.29, 1.82) is 0 Å². The van der Waals surface area contributed by atoms with Crippen molar-refractivity contribution in [3.8, 4) is 0 Å². The number of allylic oxidation sites excluding steroid dienone is 12. The summed E-state index contributed by atoms with van der Waals surface area (Å²) in [6.45, 7) is 7.62. The lowest BCUT2D eigenvalue weighted by atomic mass is 10.1. The van der Waals surface area contributed by atoms with Gasteiger partial charge in [0.25, 0.3) is 0 Å². The molecule has 0 aromatic rings. The van der Waals surface area contributed by atoms with Gasteiger partial charge in [-0.2, -0.15) is 0 Å². The van der Waals surface area contributed by atoms with Gasteiger partial charge in [-0.25, -0.2) is 0 Å². The molecule has 1 unspecified atom stereocenters. The minimum absolute atomic E-state index is 0.0704. The van der Waals surface area contributed by atoms with Gasteiger partial charge in [-0.1, -0.05) is 209 Å². The van der Waals surface area contributed by atoms with Crippen molar-refractivity contribution in [2.45, 2.75) is 258 Å². The summed E-state index contributed by atoms with van der Waals surface area (Å²) >= 11 is 0. The number of esters is 2. The normalized spacial score (nSPS) is 12.8. The van der Waals surface area contributed by atoms with Crippen molar-refractivity contribution in [2.75, 3.05) is 19.8 Å². The van der Waals surface area contributed by atoms with Gasteiger partial charge in [0.1, 0.15) is 6.61 Å². The van der Waals surface area contributed by atoms with Crippen LogP contribution >= 0.6 is 0 Å². The van der Waals surface area contributed by atoms with E-state index >= 15 is 0 Å². The average Bonchev–Trinajstić information content (AvgIpc) is 3.27. The van der Waals surface area contributed by atoms with Crippen LogP contribution in [0.3, 0.4) is 0 Å². The van der Waals surface area contributed by atoms with Gasteiger partial charge >= 0.3 is 11.9 Å². The van der Waals surface area contributed by atoms with Gasteiger partial charge in [0.15, 0.2) is 6.10 Å². The standard InChI is InChI=1S/C57H100O5/c1-4-7-10-13-16-19-22-25-27-29-30-33-35-38-41-44-47-50-56(58)61-54-55(62-57(59)51-48-45-42-39-36-32-24-21-18-15-12-9-6-3)53-60-52-49-46-43-40-37-34-31-28-26-23-20-17-14-11-8-5-2/h8,11-12,15,17,20-21,24-28,55H,4-7,9-10,13-14,16,18-19,22-23,29-54H2,1-3H3/b11-8-,15-12-,20-17-,24-21-,27-25-,28-26-. The molecule has 0 rings (SSSR count). The summed E-state index contributed by atoms with van der Waals surface area (Å²) in [5.74, 6) is -0.423. The number of unbranched alkanes of at least 4 members (excludes halogenated alkanes) is 25. The second-order valence-corrected chi connectivity index (χ2v) is 17.4. The minimum atomic E-state index is -0.554. The fourth-order valence-electron chi connectivity index (χ4n) is 7.26. The second-order valence-electron chi connectivity index (χ2n) is 17.4. The van der Waals surface area contributed by atoms with Gasteiger partial charge in [0, 0.05) is 19.4 Å². The molecule has 62 heavy (non-hydrogen) atoms. The summed E-state index contributed by atoms with van der Waals surface area (Å²) in [7, 11) is 0. The largest absolute Gasteiger partial charge is 0.462 e. The smallest absolute Gasteiger partial charge is 0.306 e. The molecule has 0 aliphatic carbocycles. The summed E-state index contributed by atoms with van der Waals surface area (Å²) in [6.07, 6.45) is 67.7. The van der Waals surface area contributed by atoms with Crippen LogP contribution in [0.2, 0.25) is 0 Å². The lowest BCUT2D eigenvalue weighted by molar-refractivity contribution is -0.163. The Morgan fingerprint density at radius 1 is 0.371 bits per heavy atom. The Labute approximate surface area is 385 Å². The first-order valence-corrected chi connectivity index (χ1v) is 26.5. The zero-order chi connectivity index (χ0) is 44.9. The summed E-state index contributed by atoms with van der Waals surface area (Å²) in [6, 6.07) is 0. The molecule has 0 aromatic carbocycles. The average molecular weight is 865 g/mol. The van der Waals surface area contributed by atoms with Gasteiger partial charge in [-0.05, 0) is 103 Å². The highest BCUT2D eigenvalue weighted by Gasteiger charge is 2.17. The molecule has 0 amide bonds. The number of rotatable bonds is 48. The SMILES string of the molecule is CC/C=C\C/C=C\C/C=C\CCCCCCCCOCC(COC(=O)CCCCCCCCC/C=C\CCCCCCCC)OC(=O)CCCCCCC/C=C\C/C=C\CCC. The zero-order valence-electron chi connectivity index (χ0n) is 41.1. The van der Waals surface area contributed by atoms with Crippen LogP contribution in [0.1, 0.15) is 252 Å². The highest BCUT2D eigenvalue weighted by atomic mass is 16.6. The van der Waals surface area contributed by atoms with Crippen molar-refractivity contribution >= 4 is 11.9 Å². The maximum atomic E-state index is 12.8. The van der Waals surface area contributed by atoms with Crippen LogP contribution in [0.5, 0.6) is 0 Å². The van der Waals surface area contributed by atoms with Crippen LogP contribution in [-0.4, -0.2) is 37.9 Å². The Kier molecular flexibility index (Phi) is 50.4. The Morgan fingerprint density at radius 2 is 0.758 bits per heavy atom. The number of carbonyl (C=O) groups is 2. The molecular formula is C57H100O5. The Balaban J connectivity index is 4.30. The first-order chi connectivity index (χ1) is 30.6. The molecule has 0 spiro atoms. The molecule has 358 valence electrons. The molecule has 0 fully saturated rings. The molecule has 0 aliphatic heterocycles. The summed E-state index contributed by atoms with van der Waals surface area (Å²) < 4.78 is 17.4. The Bertz CT molecular complexity index is 1110. The zero-order valence-corrected chi connectivity index (χ0v) is 41.1. The Morgan fingerprint density at radius 3 is 1.24 bits per heavy atom. The highest BCUT2D eigenvalue weighted by Crippen LogP contribution is 2.14. The first-order valence-electron chi connectivity index (χ1n) is 26.5. The van der Waals surface area contributed by atoms with Gasteiger partial charge < -0.3 is 14.2 Å². The minimum Gasteiger partial charge on any atom is -0.462 e. The number of ether oxygens (including phenoxy) is 3. The second kappa shape index (κ2) is 52.7. The van der Waals surface area contributed by atoms with Gasteiger partial charge in [0.05, 0.1) is 6.61 Å². The maximum Gasteiger partial charge on any atom is 0.306 e. The summed E-state index contributed by atoms with van der Waals surface area (Å²) in [5.41, 5.74) is 0. The maximum absolute atomic E-state index is 12.8. The van der Waals surface area contributed by atoms with Crippen molar-refractivity contribution in [3.63, 3.8) is 0 Å². The molecular weight excluding hydrogens is 765 g/mol. The third kappa shape index (κ3) is 50.0. The molecule has 1 atom stereocenters. The van der Waals surface area contributed by atoms with Crippen LogP contribution in [0.15, 0.2) is 72.9 Å². The summed E-state index contributed by atoms with van der Waals surface area (Å²) in [5, 5.41) is 0. The molecule has 0 N–H and O–H groups in total. The number of carbonyl (C=O) groups excluding carboxylic acids is 2. The first kappa shape index (κ1) is 59.3. The van der Waals surface area contributed by atoms with Crippen LogP contribution in [0.4, 0.5) is 0 Å². The molecule has 0 heterocycles. The van der Waals surface area contributed by atoms with E-state index in [4.69, 9.17) is 14.2 Å². The summed E-state index contributed by atoms with van der Waals surface area (Å²) in [4.78, 5) is 25.4. The van der Waals surface area contributed by atoms with Crippen molar-refractivity contribution in [2.24, 2.45) is 0 Å². The number of hydrogen-bond acceptors (Lipinski definition) is 5. The predicted octanol–water partition coefficient (Wildman–Crippen LogP) is 17.9. The fourth-order valence-corrected chi connectivity index (χ4v) is 7.26. The van der Waals surface area contributed by atoms with Crippen molar-refractivity contribution in [1.82, 2.24) is 0 Å². The van der Waals surface area contributed by atoms with Crippen LogP contribution in [-0.2, 0) is 23.8 Å². The van der Waals surface area contributed by atoms with Crippen LogP contribution in [0.25, 0.3) is 0 Å². The van der Waals surface area contributed by atoms with E-state index in [0.29, 0.717) is 19.4 Å². The van der Waals surface area contributed by atoms with E-state index in [1.54, 1.807) is 0 Å². The molecule has 0 aromatic heterocycles. The van der Waals surface area contributed by atoms with E-state index in [0.717, 1.165) is 96.3 Å². The number of hydrogen-bond donors (Lipinski definition) is 0. The molecule has 0 saturated heterocycles. The quantitative estimate of drug-likeness (QED) is 0.0346.